The molecule has 1 aromatic heterocycles. The maximum absolute atomic E-state index is 6.00. The number of thioether (sulfide) groups is 1. The monoisotopic (exact) mass is 253 g/mol. The molecule has 0 aliphatic carbocycles. The van der Waals surface area contributed by atoms with E-state index in [0.717, 1.165) is 22.8 Å². The number of nitrogens with zero attached hydrogens (tertiary/aromatic N) is 2. The molecule has 0 aliphatic rings. The minimum absolute atomic E-state index is 0.225. The molecule has 96 valence electrons. The summed E-state index contributed by atoms with van der Waals surface area (Å²) >= 11 is 1.84. The second-order valence-corrected chi connectivity index (χ2v) is 7.38. The van der Waals surface area contributed by atoms with Crippen LogP contribution in [-0.4, -0.2) is 14.7 Å². The van der Waals surface area contributed by atoms with Crippen LogP contribution in [0, 0.1) is 6.92 Å². The van der Waals surface area contributed by atoms with E-state index in [-0.39, 0.29) is 4.75 Å². The molecule has 3 nitrogen and oxygen atoms in total. The summed E-state index contributed by atoms with van der Waals surface area (Å²) in [4.78, 5) is 8.95. The van der Waals surface area contributed by atoms with E-state index >= 15 is 0 Å². The number of aryl methyl sites for hydroxylation is 1. The van der Waals surface area contributed by atoms with Gasteiger partial charge in [0.2, 0.25) is 0 Å². The zero-order valence-electron chi connectivity index (χ0n) is 11.7. The highest BCUT2D eigenvalue weighted by atomic mass is 32.2. The van der Waals surface area contributed by atoms with E-state index in [2.05, 4.69) is 44.6 Å². The van der Waals surface area contributed by atoms with Crippen molar-refractivity contribution in [2.75, 3.05) is 5.73 Å². The Morgan fingerprint density at radius 1 is 1.24 bits per heavy atom. The lowest BCUT2D eigenvalue weighted by atomic mass is 10.0. The fourth-order valence-electron chi connectivity index (χ4n) is 1.72. The van der Waals surface area contributed by atoms with Gasteiger partial charge in [-0.15, -0.1) is 11.8 Å². The molecule has 0 aliphatic heterocycles. The van der Waals surface area contributed by atoms with Crippen LogP contribution in [-0.2, 0) is 5.75 Å². The van der Waals surface area contributed by atoms with Crippen molar-refractivity contribution >= 4 is 17.6 Å². The molecule has 0 fully saturated rings. The van der Waals surface area contributed by atoms with E-state index in [1.165, 1.54) is 0 Å². The van der Waals surface area contributed by atoms with E-state index in [0.29, 0.717) is 11.7 Å². The average molecular weight is 253 g/mol. The Kier molecular flexibility index (Phi) is 4.42. The number of nitrogen functional groups attached to an aromatic ring is 1. The minimum Gasteiger partial charge on any atom is -0.383 e. The van der Waals surface area contributed by atoms with E-state index in [1.807, 2.05) is 18.7 Å². The summed E-state index contributed by atoms with van der Waals surface area (Å²) in [5.41, 5.74) is 8.09. The Labute approximate surface area is 109 Å². The highest BCUT2D eigenvalue weighted by Crippen LogP contribution is 2.28. The van der Waals surface area contributed by atoms with Crippen molar-refractivity contribution in [3.05, 3.63) is 17.1 Å². The zero-order valence-corrected chi connectivity index (χ0v) is 12.5. The zero-order chi connectivity index (χ0) is 13.2. The van der Waals surface area contributed by atoms with Gasteiger partial charge in [-0.2, -0.15) is 0 Å². The first-order chi connectivity index (χ1) is 7.70. The van der Waals surface area contributed by atoms with Crippen LogP contribution in [0.25, 0.3) is 0 Å². The SMILES string of the molecule is Cc1nc(CSC(C)(C)C)nc(N)c1C(C)C. The van der Waals surface area contributed by atoms with E-state index < -0.39 is 0 Å². The van der Waals surface area contributed by atoms with Crippen molar-refractivity contribution in [2.45, 2.75) is 58.0 Å². The summed E-state index contributed by atoms with van der Waals surface area (Å²) in [6.45, 7) is 12.8. The van der Waals surface area contributed by atoms with E-state index in [1.54, 1.807) is 0 Å². The molecule has 0 radical (unpaired) electrons. The molecule has 4 heteroatoms. The standard InChI is InChI=1S/C13H23N3S/c1-8(2)11-9(3)15-10(16-12(11)14)7-17-13(4,5)6/h8H,7H2,1-6H3,(H2,14,15,16). The highest BCUT2D eigenvalue weighted by Gasteiger charge is 2.15. The van der Waals surface area contributed by atoms with Crippen molar-refractivity contribution in [2.24, 2.45) is 0 Å². The predicted octanol–water partition coefficient (Wildman–Crippen LogP) is 3.52. The third-order valence-electron chi connectivity index (χ3n) is 2.42. The molecule has 0 saturated carbocycles. The van der Waals surface area contributed by atoms with Crippen molar-refractivity contribution in [1.82, 2.24) is 9.97 Å². The first-order valence-corrected chi connectivity index (χ1v) is 6.96. The lowest BCUT2D eigenvalue weighted by Crippen LogP contribution is -2.11. The number of rotatable bonds is 3. The lowest BCUT2D eigenvalue weighted by molar-refractivity contribution is 0.796. The van der Waals surface area contributed by atoms with Gasteiger partial charge < -0.3 is 5.73 Å². The molecule has 0 amide bonds. The molecular weight excluding hydrogens is 230 g/mol. The van der Waals surface area contributed by atoms with Gasteiger partial charge in [0, 0.05) is 16.0 Å². The second kappa shape index (κ2) is 5.25. The molecule has 0 unspecified atom stereocenters. The summed E-state index contributed by atoms with van der Waals surface area (Å²) in [5.74, 6) is 2.66. The molecule has 1 heterocycles. The quantitative estimate of drug-likeness (QED) is 0.895. The van der Waals surface area contributed by atoms with Crippen molar-refractivity contribution in [1.29, 1.82) is 0 Å². The van der Waals surface area contributed by atoms with Crippen molar-refractivity contribution < 1.29 is 0 Å². The van der Waals surface area contributed by atoms with Gasteiger partial charge in [0.05, 0.1) is 5.75 Å². The van der Waals surface area contributed by atoms with Gasteiger partial charge in [0.1, 0.15) is 11.6 Å². The summed E-state index contributed by atoms with van der Waals surface area (Å²) < 4.78 is 0.225. The molecule has 0 bridgehead atoms. The van der Waals surface area contributed by atoms with Crippen molar-refractivity contribution in [3.63, 3.8) is 0 Å². The number of aromatic nitrogens is 2. The van der Waals surface area contributed by atoms with Crippen LogP contribution in [0.15, 0.2) is 0 Å². The van der Waals surface area contributed by atoms with Crippen LogP contribution < -0.4 is 5.73 Å². The Morgan fingerprint density at radius 3 is 2.24 bits per heavy atom. The van der Waals surface area contributed by atoms with Gasteiger partial charge in [-0.05, 0) is 12.8 Å². The maximum atomic E-state index is 6.00. The largest absolute Gasteiger partial charge is 0.383 e. The third kappa shape index (κ3) is 4.19. The number of hydrogen-bond acceptors (Lipinski definition) is 4. The van der Waals surface area contributed by atoms with Crippen LogP contribution in [0.1, 0.15) is 57.6 Å². The number of anilines is 1. The highest BCUT2D eigenvalue weighted by molar-refractivity contribution is 7.99. The average Bonchev–Trinajstić information content (AvgIpc) is 2.11. The normalized spacial score (nSPS) is 12.2. The van der Waals surface area contributed by atoms with E-state index in [4.69, 9.17) is 5.73 Å². The van der Waals surface area contributed by atoms with Gasteiger partial charge in [-0.25, -0.2) is 9.97 Å². The van der Waals surface area contributed by atoms with Gasteiger partial charge in [0.25, 0.3) is 0 Å². The molecule has 0 atom stereocenters. The summed E-state index contributed by atoms with van der Waals surface area (Å²) in [6.07, 6.45) is 0. The maximum Gasteiger partial charge on any atom is 0.140 e. The molecule has 0 aromatic carbocycles. The van der Waals surface area contributed by atoms with Gasteiger partial charge in [-0.3, -0.25) is 0 Å². The number of nitrogens with two attached hydrogens (primary N) is 1. The van der Waals surface area contributed by atoms with E-state index in [9.17, 15) is 0 Å². The third-order valence-corrected chi connectivity index (χ3v) is 3.69. The first kappa shape index (κ1) is 14.3. The van der Waals surface area contributed by atoms with Crippen LogP contribution in [0.5, 0.6) is 0 Å². The van der Waals surface area contributed by atoms with Crippen LogP contribution in [0.3, 0.4) is 0 Å². The topological polar surface area (TPSA) is 51.8 Å². The first-order valence-electron chi connectivity index (χ1n) is 5.97. The molecule has 1 aromatic rings. The van der Waals surface area contributed by atoms with Gasteiger partial charge >= 0.3 is 0 Å². The summed E-state index contributed by atoms with van der Waals surface area (Å²) in [6, 6.07) is 0. The molecule has 2 N–H and O–H groups in total. The molecular formula is C13H23N3S. The Morgan fingerprint density at radius 2 is 1.82 bits per heavy atom. The summed E-state index contributed by atoms with van der Waals surface area (Å²) in [5, 5.41) is 0. The smallest absolute Gasteiger partial charge is 0.140 e. The van der Waals surface area contributed by atoms with Crippen LogP contribution >= 0.6 is 11.8 Å². The Bertz CT molecular complexity index is 371. The molecule has 0 spiro atoms. The fraction of sp³-hybridized carbons (Fsp3) is 0.692. The molecule has 17 heavy (non-hydrogen) atoms. The molecule has 0 saturated heterocycles. The predicted molar refractivity (Wildman–Crippen MR) is 76.3 cm³/mol. The van der Waals surface area contributed by atoms with Gasteiger partial charge in [0.15, 0.2) is 0 Å². The molecule has 1 rings (SSSR count). The lowest BCUT2D eigenvalue weighted by Gasteiger charge is -2.18. The van der Waals surface area contributed by atoms with Crippen LogP contribution in [0.4, 0.5) is 5.82 Å². The Hall–Kier alpha value is -0.770. The Balaban J connectivity index is 2.91. The second-order valence-electron chi connectivity index (χ2n) is 5.58. The fourth-order valence-corrected chi connectivity index (χ4v) is 2.41. The number of hydrogen-bond donors (Lipinski definition) is 1. The van der Waals surface area contributed by atoms with Gasteiger partial charge in [-0.1, -0.05) is 34.6 Å². The summed E-state index contributed by atoms with van der Waals surface area (Å²) in [7, 11) is 0. The van der Waals surface area contributed by atoms with Crippen LogP contribution in [0.2, 0.25) is 0 Å². The van der Waals surface area contributed by atoms with Crippen molar-refractivity contribution in [3.8, 4) is 0 Å². The minimum atomic E-state index is 0.225.